The normalized spacial score (nSPS) is 15.1. The van der Waals surface area contributed by atoms with Crippen LogP contribution in [0.4, 0.5) is 4.39 Å². The number of halogens is 1. The van der Waals surface area contributed by atoms with Gasteiger partial charge in [0.1, 0.15) is 5.75 Å². The van der Waals surface area contributed by atoms with E-state index in [0.29, 0.717) is 12.3 Å². The van der Waals surface area contributed by atoms with Gasteiger partial charge in [-0.05, 0) is 56.0 Å². The highest BCUT2D eigenvalue weighted by Gasteiger charge is 2.21. The molecule has 1 fully saturated rings. The average Bonchev–Trinajstić information content (AvgIpc) is 2.82. The largest absolute Gasteiger partial charge is 0.453 e. The first-order valence-electron chi connectivity index (χ1n) is 11.2. The molecular formula is C24H33FN4O3. The Hall–Kier alpha value is -2.71. The van der Waals surface area contributed by atoms with Crippen molar-refractivity contribution in [2.45, 2.75) is 38.8 Å². The SMILES string of the molecule is CCNC(=NCc1ccc(Oc2cccnc2)c(F)c1)N1CCC(OCCCOC)CC1. The van der Waals surface area contributed by atoms with E-state index < -0.39 is 5.82 Å². The molecule has 0 radical (unpaired) electrons. The standard InChI is InChI=1S/C24H33FN4O3/c1-3-27-24(29-12-9-20(10-13-29)31-15-5-14-30-2)28-17-19-7-8-23(22(25)16-19)32-21-6-4-11-26-18-21/h4,6-8,11,16,18,20H,3,5,9-10,12-15,17H2,1-2H3,(H,27,28). The van der Waals surface area contributed by atoms with E-state index in [-0.39, 0.29) is 11.9 Å². The molecule has 2 heterocycles. The number of nitrogens with one attached hydrogen (secondary N) is 1. The summed E-state index contributed by atoms with van der Waals surface area (Å²) >= 11 is 0. The van der Waals surface area contributed by atoms with Crippen LogP contribution < -0.4 is 10.1 Å². The number of aliphatic imine (C=N–C) groups is 1. The summed E-state index contributed by atoms with van der Waals surface area (Å²) in [5, 5.41) is 3.35. The van der Waals surface area contributed by atoms with Crippen LogP contribution in [0.25, 0.3) is 0 Å². The minimum atomic E-state index is -0.419. The van der Waals surface area contributed by atoms with Crippen molar-refractivity contribution in [3.05, 3.63) is 54.1 Å². The minimum Gasteiger partial charge on any atom is -0.453 e. The van der Waals surface area contributed by atoms with Crippen LogP contribution in [0.2, 0.25) is 0 Å². The number of hydrogen-bond acceptors (Lipinski definition) is 5. The lowest BCUT2D eigenvalue weighted by Crippen LogP contribution is -2.47. The summed E-state index contributed by atoms with van der Waals surface area (Å²) in [5.74, 6) is 1.10. The zero-order chi connectivity index (χ0) is 22.6. The summed E-state index contributed by atoms with van der Waals surface area (Å²) in [4.78, 5) is 11.0. The summed E-state index contributed by atoms with van der Waals surface area (Å²) < 4.78 is 31.1. The van der Waals surface area contributed by atoms with Gasteiger partial charge in [-0.15, -0.1) is 0 Å². The number of piperidine rings is 1. The van der Waals surface area contributed by atoms with Gasteiger partial charge in [0.15, 0.2) is 17.5 Å². The Morgan fingerprint density at radius 1 is 1.25 bits per heavy atom. The molecular weight excluding hydrogens is 411 g/mol. The second-order valence-corrected chi connectivity index (χ2v) is 7.63. The fraction of sp³-hybridized carbons (Fsp3) is 0.500. The van der Waals surface area contributed by atoms with Crippen molar-refractivity contribution in [2.24, 2.45) is 4.99 Å². The summed E-state index contributed by atoms with van der Waals surface area (Å²) in [7, 11) is 1.71. The van der Waals surface area contributed by atoms with Crippen molar-refractivity contribution in [1.29, 1.82) is 0 Å². The van der Waals surface area contributed by atoms with Gasteiger partial charge in [-0.2, -0.15) is 0 Å². The first-order chi connectivity index (χ1) is 15.7. The number of hydrogen-bond donors (Lipinski definition) is 1. The van der Waals surface area contributed by atoms with Crippen molar-refractivity contribution in [3.63, 3.8) is 0 Å². The summed E-state index contributed by atoms with van der Waals surface area (Å²) in [6, 6.07) is 8.42. The van der Waals surface area contributed by atoms with Gasteiger partial charge in [-0.1, -0.05) is 6.07 Å². The fourth-order valence-corrected chi connectivity index (χ4v) is 3.54. The highest BCUT2D eigenvalue weighted by atomic mass is 19.1. The smallest absolute Gasteiger partial charge is 0.194 e. The fourth-order valence-electron chi connectivity index (χ4n) is 3.54. The predicted octanol–water partition coefficient (Wildman–Crippen LogP) is 4.00. The van der Waals surface area contributed by atoms with Crippen molar-refractivity contribution >= 4 is 5.96 Å². The van der Waals surface area contributed by atoms with Crippen molar-refractivity contribution < 1.29 is 18.6 Å². The number of nitrogens with zero attached hydrogens (tertiary/aromatic N) is 3. The first-order valence-corrected chi connectivity index (χ1v) is 11.2. The maximum atomic E-state index is 14.5. The van der Waals surface area contributed by atoms with E-state index in [2.05, 4.69) is 15.2 Å². The second kappa shape index (κ2) is 13.0. The average molecular weight is 445 g/mol. The van der Waals surface area contributed by atoms with E-state index in [1.807, 2.05) is 13.0 Å². The topological polar surface area (TPSA) is 68.2 Å². The van der Waals surface area contributed by atoms with Crippen LogP contribution in [0, 0.1) is 5.82 Å². The number of guanidine groups is 1. The van der Waals surface area contributed by atoms with Crippen LogP contribution in [0.3, 0.4) is 0 Å². The lowest BCUT2D eigenvalue weighted by Gasteiger charge is -2.34. The van der Waals surface area contributed by atoms with Crippen molar-refractivity contribution in [3.8, 4) is 11.5 Å². The lowest BCUT2D eigenvalue weighted by molar-refractivity contribution is 0.00990. The summed E-state index contributed by atoms with van der Waals surface area (Å²) in [6.07, 6.45) is 6.33. The number of likely N-dealkylation sites (tertiary alicyclic amines) is 1. The highest BCUT2D eigenvalue weighted by Crippen LogP contribution is 2.24. The second-order valence-electron chi connectivity index (χ2n) is 7.63. The van der Waals surface area contributed by atoms with E-state index >= 15 is 0 Å². The Balaban J connectivity index is 1.54. The molecule has 8 heteroatoms. The summed E-state index contributed by atoms with van der Waals surface area (Å²) in [6.45, 7) is 6.44. The molecule has 1 aliphatic heterocycles. The summed E-state index contributed by atoms with van der Waals surface area (Å²) in [5.41, 5.74) is 0.785. The molecule has 0 atom stereocenters. The van der Waals surface area contributed by atoms with E-state index in [4.69, 9.17) is 19.2 Å². The minimum absolute atomic E-state index is 0.171. The van der Waals surface area contributed by atoms with Crippen LogP contribution in [0.1, 0.15) is 31.7 Å². The zero-order valence-corrected chi connectivity index (χ0v) is 18.9. The zero-order valence-electron chi connectivity index (χ0n) is 18.9. The van der Waals surface area contributed by atoms with Gasteiger partial charge in [-0.3, -0.25) is 4.98 Å². The molecule has 0 spiro atoms. The Labute approximate surface area is 189 Å². The maximum Gasteiger partial charge on any atom is 0.194 e. The molecule has 3 rings (SSSR count). The first kappa shape index (κ1) is 23.9. The Bertz CT molecular complexity index is 842. The Morgan fingerprint density at radius 2 is 2.09 bits per heavy atom. The third kappa shape index (κ3) is 7.46. The molecule has 1 aliphatic rings. The van der Waals surface area contributed by atoms with Crippen LogP contribution >= 0.6 is 0 Å². The Morgan fingerprint density at radius 3 is 2.78 bits per heavy atom. The third-order valence-corrected chi connectivity index (χ3v) is 5.19. The quantitative estimate of drug-likeness (QED) is 0.339. The van der Waals surface area contributed by atoms with Gasteiger partial charge >= 0.3 is 0 Å². The molecule has 32 heavy (non-hydrogen) atoms. The molecule has 1 aromatic heterocycles. The molecule has 1 saturated heterocycles. The lowest BCUT2D eigenvalue weighted by atomic mass is 10.1. The maximum absolute atomic E-state index is 14.5. The van der Waals surface area contributed by atoms with Crippen LogP contribution in [-0.2, 0) is 16.0 Å². The molecule has 1 N–H and O–H groups in total. The molecule has 7 nitrogen and oxygen atoms in total. The molecule has 0 saturated carbocycles. The molecule has 174 valence electrons. The van der Waals surface area contributed by atoms with E-state index in [1.165, 1.54) is 6.07 Å². The molecule has 0 aliphatic carbocycles. The van der Waals surface area contributed by atoms with E-state index in [9.17, 15) is 4.39 Å². The van der Waals surface area contributed by atoms with Gasteiger partial charge in [0, 0.05) is 46.2 Å². The van der Waals surface area contributed by atoms with E-state index in [1.54, 1.807) is 37.7 Å². The number of rotatable bonds is 10. The van der Waals surface area contributed by atoms with Gasteiger partial charge in [0.25, 0.3) is 0 Å². The van der Waals surface area contributed by atoms with Gasteiger partial charge < -0.3 is 24.4 Å². The number of benzene rings is 1. The number of ether oxygens (including phenoxy) is 3. The van der Waals surface area contributed by atoms with Crippen LogP contribution in [0.5, 0.6) is 11.5 Å². The number of pyridine rings is 1. The predicted molar refractivity (Wildman–Crippen MR) is 123 cm³/mol. The van der Waals surface area contributed by atoms with Gasteiger partial charge in [0.05, 0.1) is 18.8 Å². The molecule has 0 unspecified atom stereocenters. The van der Waals surface area contributed by atoms with Crippen LogP contribution in [-0.4, -0.2) is 61.9 Å². The molecule has 1 aromatic carbocycles. The molecule has 0 amide bonds. The van der Waals surface area contributed by atoms with Crippen LogP contribution in [0.15, 0.2) is 47.7 Å². The van der Waals surface area contributed by atoms with Gasteiger partial charge in [0.2, 0.25) is 0 Å². The Kier molecular flexibility index (Phi) is 9.71. The number of methoxy groups -OCH3 is 1. The van der Waals surface area contributed by atoms with Crippen molar-refractivity contribution in [2.75, 3.05) is 40.0 Å². The monoisotopic (exact) mass is 444 g/mol. The number of aromatic nitrogens is 1. The van der Waals surface area contributed by atoms with Crippen molar-refractivity contribution in [1.82, 2.24) is 15.2 Å². The van der Waals surface area contributed by atoms with E-state index in [0.717, 1.165) is 63.6 Å². The van der Waals surface area contributed by atoms with Gasteiger partial charge in [-0.25, -0.2) is 9.38 Å². The third-order valence-electron chi connectivity index (χ3n) is 5.19. The molecule has 2 aromatic rings. The highest BCUT2D eigenvalue weighted by molar-refractivity contribution is 5.80. The molecule has 0 bridgehead atoms.